The molecule has 1 aliphatic rings. The zero-order valence-corrected chi connectivity index (χ0v) is 7.44. The molecule has 1 heterocycles. The van der Waals surface area contributed by atoms with Crippen molar-refractivity contribution in [3.63, 3.8) is 0 Å². The van der Waals surface area contributed by atoms with Crippen molar-refractivity contribution in [2.75, 3.05) is 6.61 Å². The molecule has 0 bridgehead atoms. The molecule has 0 fully saturated rings. The van der Waals surface area contributed by atoms with Crippen LogP contribution in [0.25, 0.3) is 0 Å². The fourth-order valence-electron chi connectivity index (χ4n) is 1.40. The van der Waals surface area contributed by atoms with Gasteiger partial charge in [-0.25, -0.2) is 8.78 Å². The summed E-state index contributed by atoms with van der Waals surface area (Å²) < 4.78 is 31.0. The first kappa shape index (κ1) is 8.75. The Labute approximate surface area is 79.3 Å². The molecule has 1 atom stereocenters. The van der Waals surface area contributed by atoms with Crippen molar-refractivity contribution in [1.29, 1.82) is 0 Å². The highest BCUT2D eigenvalue weighted by Gasteiger charge is 2.24. The van der Waals surface area contributed by atoms with Gasteiger partial charge in [-0.05, 0) is 0 Å². The quantitative estimate of drug-likeness (QED) is 0.591. The molecule has 0 spiro atoms. The van der Waals surface area contributed by atoms with Crippen molar-refractivity contribution in [3.05, 3.63) is 29.3 Å². The second kappa shape index (κ2) is 3.14. The average Bonchev–Trinajstić information content (AvgIpc) is 2.02. The lowest BCUT2D eigenvalue weighted by Crippen LogP contribution is -2.12. The number of halogens is 3. The minimum absolute atomic E-state index is 0.226. The largest absolute Gasteiger partial charge is 0.493 e. The zero-order valence-electron chi connectivity index (χ0n) is 6.69. The summed E-state index contributed by atoms with van der Waals surface area (Å²) in [7, 11) is 0. The van der Waals surface area contributed by atoms with E-state index in [-0.39, 0.29) is 11.3 Å². The van der Waals surface area contributed by atoms with Crippen LogP contribution >= 0.6 is 11.6 Å². The second-order valence-corrected chi connectivity index (χ2v) is 3.43. The molecule has 0 saturated carbocycles. The van der Waals surface area contributed by atoms with Crippen LogP contribution in [0.15, 0.2) is 12.1 Å². The van der Waals surface area contributed by atoms with E-state index < -0.39 is 17.0 Å². The minimum atomic E-state index is -0.637. The third-order valence-corrected chi connectivity index (χ3v) is 2.43. The molecule has 1 aliphatic heterocycles. The molecule has 0 N–H and O–H groups in total. The maximum Gasteiger partial charge on any atom is 0.134 e. The van der Waals surface area contributed by atoms with E-state index in [1.165, 1.54) is 0 Å². The Kier molecular flexibility index (Phi) is 2.12. The molecule has 70 valence electrons. The Hall–Kier alpha value is -0.830. The van der Waals surface area contributed by atoms with E-state index in [1.54, 1.807) is 0 Å². The summed E-state index contributed by atoms with van der Waals surface area (Å²) in [6.45, 7) is 0.407. The van der Waals surface area contributed by atoms with Crippen LogP contribution < -0.4 is 4.74 Å². The summed E-state index contributed by atoms with van der Waals surface area (Å²) in [6, 6.07) is 1.98. The normalized spacial score (nSPS) is 20.7. The Morgan fingerprint density at radius 1 is 1.38 bits per heavy atom. The molecule has 0 radical (unpaired) electrons. The summed E-state index contributed by atoms with van der Waals surface area (Å²) >= 11 is 5.86. The van der Waals surface area contributed by atoms with Crippen LogP contribution in [0.2, 0.25) is 0 Å². The summed E-state index contributed by atoms with van der Waals surface area (Å²) in [4.78, 5) is 0. The van der Waals surface area contributed by atoms with E-state index in [4.69, 9.17) is 16.3 Å². The maximum absolute atomic E-state index is 13.2. The van der Waals surface area contributed by atoms with Crippen LogP contribution in [-0.4, -0.2) is 6.61 Å². The third kappa shape index (κ3) is 1.48. The van der Waals surface area contributed by atoms with Crippen molar-refractivity contribution in [3.8, 4) is 5.75 Å². The first-order chi connectivity index (χ1) is 6.18. The number of alkyl halides is 1. The van der Waals surface area contributed by atoms with Gasteiger partial charge in [0.25, 0.3) is 0 Å². The Balaban J connectivity index is 2.56. The predicted molar refractivity (Wildman–Crippen MR) is 45.1 cm³/mol. The zero-order chi connectivity index (χ0) is 9.42. The predicted octanol–water partition coefficient (Wildman–Crippen LogP) is 3.03. The monoisotopic (exact) mass is 204 g/mol. The minimum Gasteiger partial charge on any atom is -0.493 e. The molecule has 0 amide bonds. The van der Waals surface area contributed by atoms with Gasteiger partial charge in [0.05, 0.1) is 12.0 Å². The Morgan fingerprint density at radius 2 is 2.15 bits per heavy atom. The summed E-state index contributed by atoms with van der Waals surface area (Å²) in [5.74, 6) is -1.04. The van der Waals surface area contributed by atoms with Crippen molar-refractivity contribution in [2.24, 2.45) is 0 Å². The third-order valence-electron chi connectivity index (χ3n) is 2.00. The van der Waals surface area contributed by atoms with E-state index in [0.717, 1.165) is 12.1 Å². The van der Waals surface area contributed by atoms with Gasteiger partial charge in [0.2, 0.25) is 0 Å². The molecule has 4 heteroatoms. The highest BCUT2D eigenvalue weighted by molar-refractivity contribution is 6.21. The lowest BCUT2D eigenvalue weighted by molar-refractivity contribution is 0.278. The highest BCUT2D eigenvalue weighted by atomic mass is 35.5. The second-order valence-electron chi connectivity index (χ2n) is 2.90. The Morgan fingerprint density at radius 3 is 2.92 bits per heavy atom. The molecule has 0 unspecified atom stereocenters. The van der Waals surface area contributed by atoms with E-state index in [1.807, 2.05) is 0 Å². The molecule has 0 aliphatic carbocycles. The average molecular weight is 205 g/mol. The summed E-state index contributed by atoms with van der Waals surface area (Å²) in [6.07, 6.45) is 0.553. The number of rotatable bonds is 0. The number of benzene rings is 1. The van der Waals surface area contributed by atoms with Gasteiger partial charge in [0.15, 0.2) is 0 Å². The molecule has 1 aromatic rings. The SMILES string of the molecule is Fc1cc(F)c2c(c1)OCC[C@@H]2Cl. The van der Waals surface area contributed by atoms with Crippen LogP contribution in [0.4, 0.5) is 8.78 Å². The van der Waals surface area contributed by atoms with Crippen molar-refractivity contribution in [2.45, 2.75) is 11.8 Å². The summed E-state index contributed by atoms with van der Waals surface area (Å²) in [5, 5.41) is -0.413. The van der Waals surface area contributed by atoms with Gasteiger partial charge in [0.1, 0.15) is 17.4 Å². The number of hydrogen-bond acceptors (Lipinski definition) is 1. The lowest BCUT2D eigenvalue weighted by atomic mass is 10.1. The molecule has 1 nitrogen and oxygen atoms in total. The maximum atomic E-state index is 13.2. The topological polar surface area (TPSA) is 9.23 Å². The standard InChI is InChI=1S/C9H7ClF2O/c10-6-1-2-13-8-4-5(11)3-7(12)9(6)8/h3-4,6H,1-2H2/t6-/m0/s1. The number of fused-ring (bicyclic) bond motifs is 1. The van der Waals surface area contributed by atoms with Gasteiger partial charge in [-0.15, -0.1) is 11.6 Å². The first-order valence-corrected chi connectivity index (χ1v) is 4.38. The first-order valence-electron chi connectivity index (χ1n) is 3.94. The van der Waals surface area contributed by atoms with Gasteiger partial charge in [0, 0.05) is 24.1 Å². The molecule has 0 aromatic heterocycles. The molecular weight excluding hydrogens is 198 g/mol. The van der Waals surface area contributed by atoms with Crippen molar-refractivity contribution in [1.82, 2.24) is 0 Å². The van der Waals surface area contributed by atoms with E-state index in [2.05, 4.69) is 0 Å². The Bertz CT molecular complexity index is 341. The van der Waals surface area contributed by atoms with E-state index in [9.17, 15) is 8.78 Å². The van der Waals surface area contributed by atoms with Gasteiger partial charge in [-0.3, -0.25) is 0 Å². The molecule has 2 rings (SSSR count). The number of ether oxygens (including phenoxy) is 1. The van der Waals surface area contributed by atoms with Gasteiger partial charge < -0.3 is 4.74 Å². The van der Waals surface area contributed by atoms with Crippen LogP contribution in [0, 0.1) is 11.6 Å². The van der Waals surface area contributed by atoms with E-state index in [0.29, 0.717) is 13.0 Å². The van der Waals surface area contributed by atoms with Gasteiger partial charge in [-0.2, -0.15) is 0 Å². The van der Waals surface area contributed by atoms with Crippen LogP contribution in [0.3, 0.4) is 0 Å². The van der Waals surface area contributed by atoms with Crippen molar-refractivity contribution >= 4 is 11.6 Å². The van der Waals surface area contributed by atoms with Crippen LogP contribution in [0.1, 0.15) is 17.4 Å². The van der Waals surface area contributed by atoms with Gasteiger partial charge in [-0.1, -0.05) is 0 Å². The van der Waals surface area contributed by atoms with Crippen molar-refractivity contribution < 1.29 is 13.5 Å². The number of hydrogen-bond donors (Lipinski definition) is 0. The summed E-state index contributed by atoms with van der Waals surface area (Å²) in [5.41, 5.74) is 0.273. The van der Waals surface area contributed by atoms with Crippen LogP contribution in [0.5, 0.6) is 5.75 Å². The smallest absolute Gasteiger partial charge is 0.134 e. The molecule has 1 aromatic carbocycles. The fourth-order valence-corrected chi connectivity index (χ4v) is 1.70. The highest BCUT2D eigenvalue weighted by Crippen LogP contribution is 2.38. The molecular formula is C9H7ClF2O. The van der Waals surface area contributed by atoms with E-state index >= 15 is 0 Å². The lowest BCUT2D eigenvalue weighted by Gasteiger charge is -2.21. The molecule has 13 heavy (non-hydrogen) atoms. The van der Waals surface area contributed by atoms with Crippen LogP contribution in [-0.2, 0) is 0 Å². The fraction of sp³-hybridized carbons (Fsp3) is 0.333. The van der Waals surface area contributed by atoms with Gasteiger partial charge >= 0.3 is 0 Å². The molecule has 0 saturated heterocycles.